The molecule has 0 radical (unpaired) electrons. The number of hydrogen-bond acceptors (Lipinski definition) is 5. The van der Waals surface area contributed by atoms with E-state index in [1.165, 1.54) is 19.2 Å². The van der Waals surface area contributed by atoms with Crippen LogP contribution in [0.1, 0.15) is 20.3 Å². The Labute approximate surface area is 118 Å². The van der Waals surface area contributed by atoms with Gasteiger partial charge in [0, 0.05) is 12.6 Å². The van der Waals surface area contributed by atoms with Gasteiger partial charge in [-0.2, -0.15) is 0 Å². The molecule has 0 heterocycles. The standard InChI is InChI=1S/C12H19N3O4S/c1-9(2)6-7-14-11-5-4-10(20(18,19)13-3)8-12(11)15(16)17/h4-5,8-9,13-14H,6-7H2,1-3H3. The van der Waals surface area contributed by atoms with Crippen LogP contribution in [0.2, 0.25) is 0 Å². The minimum absolute atomic E-state index is 0.124. The zero-order valence-corrected chi connectivity index (χ0v) is 12.5. The highest BCUT2D eigenvalue weighted by molar-refractivity contribution is 7.89. The first-order valence-electron chi connectivity index (χ1n) is 6.23. The first kappa shape index (κ1) is 16.4. The van der Waals surface area contributed by atoms with Crippen molar-refractivity contribution in [2.75, 3.05) is 18.9 Å². The molecule has 112 valence electrons. The maximum atomic E-state index is 11.6. The van der Waals surface area contributed by atoms with E-state index in [1.807, 2.05) is 0 Å². The third-order valence-corrected chi connectivity index (χ3v) is 4.19. The maximum Gasteiger partial charge on any atom is 0.293 e. The number of hydrogen-bond donors (Lipinski definition) is 2. The van der Waals surface area contributed by atoms with E-state index >= 15 is 0 Å². The van der Waals surface area contributed by atoms with Crippen molar-refractivity contribution in [3.05, 3.63) is 28.3 Å². The van der Waals surface area contributed by atoms with Crippen molar-refractivity contribution < 1.29 is 13.3 Å². The second kappa shape index (κ2) is 6.67. The molecule has 7 nitrogen and oxygen atoms in total. The molecule has 20 heavy (non-hydrogen) atoms. The van der Waals surface area contributed by atoms with E-state index in [2.05, 4.69) is 23.9 Å². The second-order valence-corrected chi connectivity index (χ2v) is 6.64. The van der Waals surface area contributed by atoms with Gasteiger partial charge in [0.05, 0.1) is 9.82 Å². The summed E-state index contributed by atoms with van der Waals surface area (Å²) in [5.41, 5.74) is 0.0794. The molecule has 0 aliphatic carbocycles. The summed E-state index contributed by atoms with van der Waals surface area (Å²) in [5, 5.41) is 14.0. The largest absolute Gasteiger partial charge is 0.379 e. The number of nitrogens with one attached hydrogen (secondary N) is 2. The van der Waals surface area contributed by atoms with Gasteiger partial charge in [-0.1, -0.05) is 13.8 Å². The summed E-state index contributed by atoms with van der Waals surface area (Å²) in [7, 11) is -2.43. The lowest BCUT2D eigenvalue weighted by Crippen LogP contribution is -2.18. The van der Waals surface area contributed by atoms with E-state index in [0.29, 0.717) is 18.2 Å². The van der Waals surface area contributed by atoms with Crippen LogP contribution in [0, 0.1) is 16.0 Å². The SMILES string of the molecule is CNS(=O)(=O)c1ccc(NCCC(C)C)c([N+](=O)[O-])c1. The number of benzene rings is 1. The van der Waals surface area contributed by atoms with E-state index in [-0.39, 0.29) is 10.6 Å². The Kier molecular flexibility index (Phi) is 5.46. The third-order valence-electron chi connectivity index (χ3n) is 2.78. The first-order chi connectivity index (χ1) is 9.27. The lowest BCUT2D eigenvalue weighted by Gasteiger charge is -2.10. The predicted molar refractivity (Wildman–Crippen MR) is 77.3 cm³/mol. The molecule has 0 aliphatic heterocycles. The highest BCUT2D eigenvalue weighted by Gasteiger charge is 2.20. The van der Waals surface area contributed by atoms with E-state index in [0.717, 1.165) is 12.5 Å². The molecule has 8 heteroatoms. The summed E-state index contributed by atoms with van der Waals surface area (Å²) >= 11 is 0. The Morgan fingerprint density at radius 1 is 1.35 bits per heavy atom. The van der Waals surface area contributed by atoms with Crippen molar-refractivity contribution in [3.8, 4) is 0 Å². The Balaban J connectivity index is 3.06. The summed E-state index contributed by atoms with van der Waals surface area (Å²) in [4.78, 5) is 10.3. The average Bonchev–Trinajstić information content (AvgIpc) is 2.38. The van der Waals surface area contributed by atoms with Gasteiger partial charge in [-0.15, -0.1) is 0 Å². The van der Waals surface area contributed by atoms with E-state index < -0.39 is 14.9 Å². The Morgan fingerprint density at radius 2 is 2.00 bits per heavy atom. The molecule has 1 aromatic carbocycles. The van der Waals surface area contributed by atoms with Gasteiger partial charge in [0.25, 0.3) is 5.69 Å². The molecule has 0 unspecified atom stereocenters. The topological polar surface area (TPSA) is 101 Å². The van der Waals surface area contributed by atoms with Crippen LogP contribution in [0.4, 0.5) is 11.4 Å². The quantitative estimate of drug-likeness (QED) is 0.592. The summed E-state index contributed by atoms with van der Waals surface area (Å²) in [5.74, 6) is 0.477. The molecule has 0 bridgehead atoms. The van der Waals surface area contributed by atoms with Gasteiger partial charge in [0.15, 0.2) is 0 Å². The minimum atomic E-state index is -3.69. The maximum absolute atomic E-state index is 11.6. The average molecular weight is 301 g/mol. The lowest BCUT2D eigenvalue weighted by molar-refractivity contribution is -0.384. The van der Waals surface area contributed by atoms with Crippen LogP contribution < -0.4 is 10.0 Å². The Hall–Kier alpha value is -1.67. The fourth-order valence-electron chi connectivity index (χ4n) is 1.59. The number of nitro benzene ring substituents is 1. The van der Waals surface area contributed by atoms with Crippen molar-refractivity contribution in [2.24, 2.45) is 5.92 Å². The van der Waals surface area contributed by atoms with Gasteiger partial charge in [0.2, 0.25) is 10.0 Å². The van der Waals surface area contributed by atoms with Crippen molar-refractivity contribution in [1.29, 1.82) is 0 Å². The molecular formula is C12H19N3O4S. The van der Waals surface area contributed by atoms with Crippen LogP contribution in [0.3, 0.4) is 0 Å². The highest BCUT2D eigenvalue weighted by Crippen LogP contribution is 2.27. The zero-order chi connectivity index (χ0) is 15.3. The van der Waals surface area contributed by atoms with Crippen LogP contribution in [-0.4, -0.2) is 26.9 Å². The molecule has 0 atom stereocenters. The molecule has 2 N–H and O–H groups in total. The fraction of sp³-hybridized carbons (Fsp3) is 0.500. The molecule has 1 rings (SSSR count). The summed E-state index contributed by atoms with van der Waals surface area (Å²) in [6.07, 6.45) is 0.869. The van der Waals surface area contributed by atoms with Gasteiger partial charge >= 0.3 is 0 Å². The van der Waals surface area contributed by atoms with E-state index in [1.54, 1.807) is 0 Å². The van der Waals surface area contributed by atoms with Gasteiger partial charge in [-0.25, -0.2) is 13.1 Å². The third kappa shape index (κ3) is 4.17. The normalized spacial score (nSPS) is 11.6. The predicted octanol–water partition coefficient (Wildman–Crippen LogP) is 1.96. The second-order valence-electron chi connectivity index (χ2n) is 4.75. The molecule has 0 fully saturated rings. The smallest absolute Gasteiger partial charge is 0.293 e. The molecule has 0 amide bonds. The van der Waals surface area contributed by atoms with Gasteiger partial charge in [-0.3, -0.25) is 10.1 Å². The minimum Gasteiger partial charge on any atom is -0.379 e. The molecule has 0 saturated carbocycles. The molecule has 0 aromatic heterocycles. The lowest BCUT2D eigenvalue weighted by atomic mass is 10.1. The van der Waals surface area contributed by atoms with Crippen LogP contribution >= 0.6 is 0 Å². The van der Waals surface area contributed by atoms with Crippen LogP contribution in [0.5, 0.6) is 0 Å². The molecule has 1 aromatic rings. The Bertz CT molecular complexity index is 584. The number of nitrogens with zero attached hydrogens (tertiary/aromatic N) is 1. The van der Waals surface area contributed by atoms with E-state index in [4.69, 9.17) is 0 Å². The van der Waals surface area contributed by atoms with Gasteiger partial charge < -0.3 is 5.32 Å². The monoisotopic (exact) mass is 301 g/mol. The number of nitro groups is 1. The van der Waals surface area contributed by atoms with Crippen LogP contribution in [0.25, 0.3) is 0 Å². The summed E-state index contributed by atoms with van der Waals surface area (Å²) in [6.45, 7) is 4.70. The summed E-state index contributed by atoms with van der Waals surface area (Å²) < 4.78 is 25.4. The number of sulfonamides is 1. The number of rotatable bonds is 7. The fourth-order valence-corrected chi connectivity index (χ4v) is 2.34. The van der Waals surface area contributed by atoms with Gasteiger partial charge in [-0.05, 0) is 31.5 Å². The number of anilines is 1. The van der Waals surface area contributed by atoms with Crippen LogP contribution in [-0.2, 0) is 10.0 Å². The van der Waals surface area contributed by atoms with Crippen molar-refractivity contribution in [2.45, 2.75) is 25.2 Å². The van der Waals surface area contributed by atoms with Crippen molar-refractivity contribution in [1.82, 2.24) is 4.72 Å². The van der Waals surface area contributed by atoms with E-state index in [9.17, 15) is 18.5 Å². The Morgan fingerprint density at radius 3 is 2.50 bits per heavy atom. The first-order valence-corrected chi connectivity index (χ1v) is 7.72. The molecule has 0 aliphatic rings. The van der Waals surface area contributed by atoms with Crippen LogP contribution in [0.15, 0.2) is 23.1 Å². The van der Waals surface area contributed by atoms with Gasteiger partial charge in [0.1, 0.15) is 5.69 Å². The van der Waals surface area contributed by atoms with Crippen molar-refractivity contribution >= 4 is 21.4 Å². The summed E-state index contributed by atoms with van der Waals surface area (Å²) in [6, 6.07) is 3.82. The molecule has 0 spiro atoms. The zero-order valence-electron chi connectivity index (χ0n) is 11.7. The molecular weight excluding hydrogens is 282 g/mol. The van der Waals surface area contributed by atoms with Crippen molar-refractivity contribution in [3.63, 3.8) is 0 Å². The highest BCUT2D eigenvalue weighted by atomic mass is 32.2. The molecule has 0 saturated heterocycles.